The normalized spacial score (nSPS) is 11.5. The van der Waals surface area contributed by atoms with Crippen molar-refractivity contribution in [3.8, 4) is 0 Å². The summed E-state index contributed by atoms with van der Waals surface area (Å²) in [5.74, 6) is -0.317. The maximum Gasteiger partial charge on any atom is 0.289 e. The van der Waals surface area contributed by atoms with E-state index < -0.39 is 10.2 Å². The molecule has 2 rings (SSSR count). The fourth-order valence-electron chi connectivity index (χ4n) is 2.50. The van der Waals surface area contributed by atoms with Crippen LogP contribution >= 0.6 is 35.6 Å². The number of hydrogen-bond acceptors (Lipinski definition) is 5. The lowest BCUT2D eigenvalue weighted by Gasteiger charge is -2.24. The highest BCUT2D eigenvalue weighted by molar-refractivity contribution is 8.23. The minimum Gasteiger partial charge on any atom is -0.358 e. The van der Waals surface area contributed by atoms with Crippen LogP contribution in [-0.4, -0.2) is 33.1 Å². The number of nitro benzene ring substituents is 1. The van der Waals surface area contributed by atoms with Crippen molar-refractivity contribution in [2.75, 3.05) is 18.4 Å². The van der Waals surface area contributed by atoms with Gasteiger partial charge in [-0.05, 0) is 31.5 Å². The van der Waals surface area contributed by atoms with Gasteiger partial charge in [0.05, 0.1) is 4.92 Å². The number of amides is 1. The predicted molar refractivity (Wildman–Crippen MR) is 119 cm³/mol. The lowest BCUT2D eigenvalue weighted by atomic mass is 10.1. The first-order valence-electron chi connectivity index (χ1n) is 8.62. The molecule has 9 heteroatoms. The molecule has 0 saturated carbocycles. The minimum absolute atomic E-state index is 0.0136. The Morgan fingerprint density at radius 3 is 2.46 bits per heavy atom. The number of rotatable bonds is 7. The topological polar surface area (TPSA) is 75.5 Å². The average Bonchev–Trinajstić information content (AvgIpc) is 2.69. The van der Waals surface area contributed by atoms with Gasteiger partial charge in [0, 0.05) is 24.8 Å². The zero-order chi connectivity index (χ0) is 20.7. The van der Waals surface area contributed by atoms with Crippen LogP contribution in [0.3, 0.4) is 0 Å². The van der Waals surface area contributed by atoms with Crippen LogP contribution in [0, 0.1) is 10.1 Å². The van der Waals surface area contributed by atoms with Gasteiger partial charge in [0.1, 0.15) is 14.6 Å². The van der Waals surface area contributed by atoms with Gasteiger partial charge >= 0.3 is 0 Å². The van der Waals surface area contributed by atoms with Crippen LogP contribution in [0.4, 0.5) is 11.4 Å². The van der Waals surface area contributed by atoms with E-state index in [2.05, 4.69) is 5.32 Å². The number of hydrogen-bond donors (Lipinski definition) is 1. The first-order chi connectivity index (χ1) is 13.4. The SMILES string of the molecule is CCN(CC)C(=S)SC(C(=O)Nc1ccc(Cl)c([N+](=O)[O-])c1)c1ccccc1. The van der Waals surface area contributed by atoms with Gasteiger partial charge in [-0.25, -0.2) is 0 Å². The summed E-state index contributed by atoms with van der Waals surface area (Å²) in [6.45, 7) is 5.49. The summed E-state index contributed by atoms with van der Waals surface area (Å²) in [4.78, 5) is 25.5. The Hall–Kier alpha value is -2.16. The number of thioether (sulfide) groups is 1. The third kappa shape index (κ3) is 5.67. The molecule has 6 nitrogen and oxygen atoms in total. The number of halogens is 1. The van der Waals surface area contributed by atoms with Gasteiger partial charge in [0.2, 0.25) is 5.91 Å². The molecular weight excluding hydrogens is 418 g/mol. The molecule has 0 bridgehead atoms. The molecule has 0 heterocycles. The molecule has 0 aliphatic carbocycles. The third-order valence-corrected chi connectivity index (χ3v) is 6.04. The van der Waals surface area contributed by atoms with Gasteiger partial charge in [0.25, 0.3) is 5.69 Å². The number of nitrogens with one attached hydrogen (secondary N) is 1. The van der Waals surface area contributed by atoms with Crippen molar-refractivity contribution in [3.63, 3.8) is 0 Å². The minimum atomic E-state index is -0.593. The summed E-state index contributed by atoms with van der Waals surface area (Å²) in [6, 6.07) is 13.4. The summed E-state index contributed by atoms with van der Waals surface area (Å²) >= 11 is 12.6. The van der Waals surface area contributed by atoms with E-state index in [0.717, 1.165) is 18.7 Å². The number of thiocarbonyl (C=S) groups is 1. The van der Waals surface area contributed by atoms with Crippen molar-refractivity contribution >= 4 is 57.2 Å². The monoisotopic (exact) mass is 437 g/mol. The van der Waals surface area contributed by atoms with Gasteiger partial charge < -0.3 is 10.2 Å². The summed E-state index contributed by atoms with van der Waals surface area (Å²) in [7, 11) is 0. The lowest BCUT2D eigenvalue weighted by molar-refractivity contribution is -0.384. The average molecular weight is 438 g/mol. The molecule has 0 radical (unpaired) electrons. The number of anilines is 1. The van der Waals surface area contributed by atoms with Crippen LogP contribution in [0.1, 0.15) is 24.7 Å². The van der Waals surface area contributed by atoms with Gasteiger partial charge in [-0.15, -0.1) is 0 Å². The van der Waals surface area contributed by atoms with Crippen molar-refractivity contribution in [1.29, 1.82) is 0 Å². The Labute approximate surface area is 178 Å². The zero-order valence-corrected chi connectivity index (χ0v) is 17.8. The second-order valence-corrected chi connectivity index (χ2v) is 7.91. The number of carbonyl (C=O) groups excluding carboxylic acids is 1. The van der Waals surface area contributed by atoms with E-state index in [0.29, 0.717) is 10.0 Å². The van der Waals surface area contributed by atoms with Crippen LogP contribution in [-0.2, 0) is 4.79 Å². The Balaban J connectivity index is 2.28. The van der Waals surface area contributed by atoms with E-state index in [1.807, 2.05) is 49.1 Å². The van der Waals surface area contributed by atoms with E-state index >= 15 is 0 Å². The number of nitrogens with zero attached hydrogens (tertiary/aromatic N) is 2. The van der Waals surface area contributed by atoms with Crippen molar-refractivity contribution in [1.82, 2.24) is 4.90 Å². The lowest BCUT2D eigenvalue weighted by Crippen LogP contribution is -2.29. The van der Waals surface area contributed by atoms with E-state index in [9.17, 15) is 14.9 Å². The fraction of sp³-hybridized carbons (Fsp3) is 0.263. The van der Waals surface area contributed by atoms with Gasteiger partial charge in [0.15, 0.2) is 0 Å². The molecule has 0 aliphatic rings. The smallest absolute Gasteiger partial charge is 0.289 e. The van der Waals surface area contributed by atoms with Crippen molar-refractivity contribution in [3.05, 3.63) is 69.2 Å². The molecular formula is C19H20ClN3O3S2. The zero-order valence-electron chi connectivity index (χ0n) is 15.4. The molecule has 1 atom stereocenters. The van der Waals surface area contributed by atoms with Crippen molar-refractivity contribution in [2.45, 2.75) is 19.1 Å². The van der Waals surface area contributed by atoms with E-state index in [-0.39, 0.29) is 16.6 Å². The van der Waals surface area contributed by atoms with E-state index in [4.69, 9.17) is 23.8 Å². The number of benzene rings is 2. The summed E-state index contributed by atoms with van der Waals surface area (Å²) < 4.78 is 0.621. The molecule has 0 fully saturated rings. The molecule has 2 aromatic carbocycles. The number of nitro groups is 1. The second-order valence-electron chi connectivity index (χ2n) is 5.76. The Morgan fingerprint density at radius 1 is 1.25 bits per heavy atom. The largest absolute Gasteiger partial charge is 0.358 e. The maximum atomic E-state index is 13.0. The van der Waals surface area contributed by atoms with Gasteiger partial charge in [-0.3, -0.25) is 14.9 Å². The highest BCUT2D eigenvalue weighted by atomic mass is 35.5. The molecule has 0 aliphatic heterocycles. The Morgan fingerprint density at radius 2 is 1.89 bits per heavy atom. The first-order valence-corrected chi connectivity index (χ1v) is 10.3. The van der Waals surface area contributed by atoms with E-state index in [1.165, 1.54) is 30.0 Å². The standard InChI is InChI=1S/C19H20ClN3O3S2/c1-3-22(4-2)19(27)28-17(13-8-6-5-7-9-13)18(24)21-14-10-11-15(20)16(12-14)23(25)26/h5-12,17H,3-4H2,1-2H3,(H,21,24). The molecule has 2 aromatic rings. The first kappa shape index (κ1) is 22.1. The summed E-state index contributed by atoms with van der Waals surface area (Å²) in [5.41, 5.74) is 0.835. The van der Waals surface area contributed by atoms with Crippen molar-refractivity contribution < 1.29 is 9.72 Å². The van der Waals surface area contributed by atoms with Crippen LogP contribution in [0.25, 0.3) is 0 Å². The highest BCUT2D eigenvalue weighted by Gasteiger charge is 2.25. The molecule has 0 aromatic heterocycles. The molecule has 28 heavy (non-hydrogen) atoms. The van der Waals surface area contributed by atoms with E-state index in [1.54, 1.807) is 0 Å². The highest BCUT2D eigenvalue weighted by Crippen LogP contribution is 2.33. The Kier molecular flexibility index (Phi) is 8.22. The fourth-order valence-corrected chi connectivity index (χ4v) is 4.30. The number of carbonyl (C=O) groups is 1. The molecule has 0 spiro atoms. The molecule has 148 valence electrons. The summed E-state index contributed by atoms with van der Waals surface area (Å²) in [6.07, 6.45) is 0. The molecule has 1 N–H and O–H groups in total. The maximum absolute atomic E-state index is 13.0. The molecule has 0 saturated heterocycles. The molecule has 1 amide bonds. The van der Waals surface area contributed by atoms with Crippen LogP contribution < -0.4 is 5.32 Å². The molecule has 1 unspecified atom stereocenters. The quantitative estimate of drug-likeness (QED) is 0.360. The van der Waals surface area contributed by atoms with Crippen molar-refractivity contribution in [2.24, 2.45) is 0 Å². The van der Waals surface area contributed by atoms with Crippen LogP contribution in [0.15, 0.2) is 48.5 Å². The predicted octanol–water partition coefficient (Wildman–Crippen LogP) is 5.29. The Bertz CT molecular complexity index is 861. The van der Waals surface area contributed by atoms with Crippen LogP contribution in [0.5, 0.6) is 0 Å². The van der Waals surface area contributed by atoms with Gasteiger partial charge in [-0.2, -0.15) is 0 Å². The third-order valence-electron chi connectivity index (χ3n) is 3.99. The van der Waals surface area contributed by atoms with Gasteiger partial charge in [-0.1, -0.05) is 65.9 Å². The summed E-state index contributed by atoms with van der Waals surface area (Å²) in [5, 5.41) is 13.2. The second kappa shape index (κ2) is 10.4. The van der Waals surface area contributed by atoms with Crippen LogP contribution in [0.2, 0.25) is 5.02 Å².